The lowest BCUT2D eigenvalue weighted by molar-refractivity contribution is 0.631. The fourth-order valence-electron chi connectivity index (χ4n) is 2.32. The van der Waals surface area contributed by atoms with Gasteiger partial charge in [0.25, 0.3) is 0 Å². The number of hydrogen-bond donors (Lipinski definition) is 1. The molecule has 1 heterocycles. The van der Waals surface area contributed by atoms with E-state index in [1.165, 1.54) is 23.1 Å². The first-order valence-electron chi connectivity index (χ1n) is 7.11. The van der Waals surface area contributed by atoms with Crippen LogP contribution in [0.4, 0.5) is 0 Å². The van der Waals surface area contributed by atoms with Crippen molar-refractivity contribution >= 4 is 11.3 Å². The van der Waals surface area contributed by atoms with E-state index < -0.39 is 0 Å². The van der Waals surface area contributed by atoms with Gasteiger partial charge in [0, 0.05) is 0 Å². The Morgan fingerprint density at radius 1 is 1.00 bits per heavy atom. The van der Waals surface area contributed by atoms with E-state index in [-0.39, 0.29) is 0 Å². The zero-order valence-corrected chi connectivity index (χ0v) is 12.8. The standard InChI is InChI=1S/C17H23NS/c1-4-13(3)14-6-8-15(9-7-14)17(18-5-2)16-10-11-19-12-16/h6-13,17-18H,4-5H2,1-3H3. The van der Waals surface area contributed by atoms with Gasteiger partial charge in [-0.15, -0.1) is 0 Å². The van der Waals surface area contributed by atoms with Crippen molar-refractivity contribution < 1.29 is 0 Å². The average molecular weight is 273 g/mol. The molecule has 0 fully saturated rings. The van der Waals surface area contributed by atoms with Crippen molar-refractivity contribution in [2.75, 3.05) is 6.54 Å². The summed E-state index contributed by atoms with van der Waals surface area (Å²) in [7, 11) is 0. The van der Waals surface area contributed by atoms with Crippen LogP contribution in [-0.4, -0.2) is 6.54 Å². The minimum Gasteiger partial charge on any atom is -0.307 e. The molecule has 0 aliphatic heterocycles. The number of rotatable bonds is 6. The lowest BCUT2D eigenvalue weighted by Crippen LogP contribution is -2.21. The zero-order valence-electron chi connectivity index (χ0n) is 12.0. The molecule has 2 rings (SSSR count). The summed E-state index contributed by atoms with van der Waals surface area (Å²) in [5.41, 5.74) is 4.15. The lowest BCUT2D eigenvalue weighted by atomic mass is 9.94. The molecule has 2 atom stereocenters. The predicted octanol–water partition coefficient (Wildman–Crippen LogP) is 4.96. The van der Waals surface area contributed by atoms with Crippen molar-refractivity contribution in [2.45, 2.75) is 39.2 Å². The van der Waals surface area contributed by atoms with Gasteiger partial charge in [0.1, 0.15) is 0 Å². The maximum atomic E-state index is 3.57. The number of benzene rings is 1. The molecule has 0 spiro atoms. The maximum Gasteiger partial charge on any atom is 0.0584 e. The molecule has 0 bridgehead atoms. The summed E-state index contributed by atoms with van der Waals surface area (Å²) in [5.74, 6) is 0.646. The molecule has 0 radical (unpaired) electrons. The van der Waals surface area contributed by atoms with Gasteiger partial charge in [-0.25, -0.2) is 0 Å². The van der Waals surface area contributed by atoms with Crippen LogP contribution in [0, 0.1) is 0 Å². The molecule has 0 saturated heterocycles. The Labute approximate surface area is 120 Å². The molecule has 1 nitrogen and oxygen atoms in total. The quantitative estimate of drug-likeness (QED) is 0.784. The van der Waals surface area contributed by atoms with E-state index in [1.807, 2.05) is 0 Å². The van der Waals surface area contributed by atoms with Crippen molar-refractivity contribution in [3.05, 3.63) is 57.8 Å². The monoisotopic (exact) mass is 273 g/mol. The Morgan fingerprint density at radius 3 is 2.21 bits per heavy atom. The van der Waals surface area contributed by atoms with Gasteiger partial charge in [-0.05, 0) is 52.4 Å². The molecule has 2 unspecified atom stereocenters. The SMILES string of the molecule is CCNC(c1ccc(C(C)CC)cc1)c1ccsc1. The van der Waals surface area contributed by atoms with E-state index >= 15 is 0 Å². The Bertz CT molecular complexity index is 472. The normalized spacial score (nSPS) is 14.3. The van der Waals surface area contributed by atoms with Crippen LogP contribution in [0.25, 0.3) is 0 Å². The second kappa shape index (κ2) is 6.88. The van der Waals surface area contributed by atoms with Gasteiger partial charge in [-0.2, -0.15) is 11.3 Å². The third kappa shape index (κ3) is 3.46. The van der Waals surface area contributed by atoms with Crippen molar-refractivity contribution in [2.24, 2.45) is 0 Å². The van der Waals surface area contributed by atoms with Crippen LogP contribution in [0.15, 0.2) is 41.1 Å². The molecular weight excluding hydrogens is 250 g/mol. The fraction of sp³-hybridized carbons (Fsp3) is 0.412. The summed E-state index contributed by atoms with van der Waals surface area (Å²) in [4.78, 5) is 0. The van der Waals surface area contributed by atoms with Gasteiger partial charge in [0.05, 0.1) is 6.04 Å². The molecular formula is C17H23NS. The summed E-state index contributed by atoms with van der Waals surface area (Å²) >= 11 is 1.76. The summed E-state index contributed by atoms with van der Waals surface area (Å²) in [6.45, 7) is 7.67. The highest BCUT2D eigenvalue weighted by Crippen LogP contribution is 2.26. The first kappa shape index (κ1) is 14.3. The molecule has 1 N–H and O–H groups in total. The third-order valence-corrected chi connectivity index (χ3v) is 4.44. The summed E-state index contributed by atoms with van der Waals surface area (Å²) in [6.07, 6.45) is 1.19. The lowest BCUT2D eigenvalue weighted by Gasteiger charge is -2.18. The van der Waals surface area contributed by atoms with E-state index in [4.69, 9.17) is 0 Å². The molecule has 102 valence electrons. The first-order chi connectivity index (χ1) is 9.26. The van der Waals surface area contributed by atoms with Gasteiger partial charge in [0.15, 0.2) is 0 Å². The van der Waals surface area contributed by atoms with E-state index in [0.29, 0.717) is 12.0 Å². The second-order valence-electron chi connectivity index (χ2n) is 5.02. The Balaban J connectivity index is 2.23. The first-order valence-corrected chi connectivity index (χ1v) is 8.05. The number of hydrogen-bond acceptors (Lipinski definition) is 2. The predicted molar refractivity (Wildman–Crippen MR) is 85.0 cm³/mol. The highest BCUT2D eigenvalue weighted by molar-refractivity contribution is 7.08. The molecule has 0 aliphatic rings. The largest absolute Gasteiger partial charge is 0.307 e. The topological polar surface area (TPSA) is 12.0 Å². The van der Waals surface area contributed by atoms with E-state index in [2.05, 4.69) is 67.2 Å². The Kier molecular flexibility index (Phi) is 5.17. The molecule has 19 heavy (non-hydrogen) atoms. The molecule has 0 saturated carbocycles. The average Bonchev–Trinajstić information content (AvgIpc) is 2.98. The highest BCUT2D eigenvalue weighted by Gasteiger charge is 2.13. The smallest absolute Gasteiger partial charge is 0.0584 e. The van der Waals surface area contributed by atoms with Crippen molar-refractivity contribution in [3.8, 4) is 0 Å². The molecule has 2 aromatic rings. The van der Waals surface area contributed by atoms with Crippen LogP contribution in [-0.2, 0) is 0 Å². The van der Waals surface area contributed by atoms with Crippen LogP contribution >= 0.6 is 11.3 Å². The third-order valence-electron chi connectivity index (χ3n) is 3.74. The van der Waals surface area contributed by atoms with Crippen LogP contribution in [0.2, 0.25) is 0 Å². The van der Waals surface area contributed by atoms with Gasteiger partial charge in [-0.3, -0.25) is 0 Å². The van der Waals surface area contributed by atoms with Gasteiger partial charge in [0.2, 0.25) is 0 Å². The zero-order chi connectivity index (χ0) is 13.7. The highest BCUT2D eigenvalue weighted by atomic mass is 32.1. The molecule has 1 aromatic carbocycles. The van der Waals surface area contributed by atoms with Gasteiger partial charge in [-0.1, -0.05) is 45.0 Å². The second-order valence-corrected chi connectivity index (χ2v) is 5.80. The van der Waals surface area contributed by atoms with Crippen molar-refractivity contribution in [1.29, 1.82) is 0 Å². The van der Waals surface area contributed by atoms with Gasteiger partial charge < -0.3 is 5.32 Å². The fourth-order valence-corrected chi connectivity index (χ4v) is 3.01. The maximum absolute atomic E-state index is 3.57. The Hall–Kier alpha value is -1.12. The number of thiophene rings is 1. The van der Waals surface area contributed by atoms with Crippen LogP contribution in [0.1, 0.15) is 55.8 Å². The minimum absolute atomic E-state index is 0.322. The molecule has 0 amide bonds. The molecule has 0 aliphatic carbocycles. The van der Waals surface area contributed by atoms with Crippen LogP contribution in [0.5, 0.6) is 0 Å². The summed E-state index contributed by atoms with van der Waals surface area (Å²) in [5, 5.41) is 7.95. The van der Waals surface area contributed by atoms with Gasteiger partial charge >= 0.3 is 0 Å². The van der Waals surface area contributed by atoms with Crippen molar-refractivity contribution in [1.82, 2.24) is 5.32 Å². The van der Waals surface area contributed by atoms with E-state index in [9.17, 15) is 0 Å². The minimum atomic E-state index is 0.322. The summed E-state index contributed by atoms with van der Waals surface area (Å²) in [6, 6.07) is 11.6. The van der Waals surface area contributed by atoms with Crippen LogP contribution < -0.4 is 5.32 Å². The van der Waals surface area contributed by atoms with Crippen molar-refractivity contribution in [3.63, 3.8) is 0 Å². The molecule has 2 heteroatoms. The van der Waals surface area contributed by atoms with E-state index in [1.54, 1.807) is 11.3 Å². The van der Waals surface area contributed by atoms with Crippen LogP contribution in [0.3, 0.4) is 0 Å². The molecule has 1 aromatic heterocycles. The van der Waals surface area contributed by atoms with E-state index in [0.717, 1.165) is 6.54 Å². The Morgan fingerprint density at radius 2 is 1.68 bits per heavy atom. The number of nitrogens with one attached hydrogen (secondary N) is 1. The summed E-state index contributed by atoms with van der Waals surface area (Å²) < 4.78 is 0.